The number of hydrogen-bond donors (Lipinski definition) is 0. The number of aryl methyl sites for hydroxylation is 3. The number of halogens is 1. The third-order valence-electron chi connectivity index (χ3n) is 4.61. The number of rotatable bonds is 4. The molecule has 0 aliphatic carbocycles. The molecule has 0 amide bonds. The first-order chi connectivity index (χ1) is 13.0. The average Bonchev–Trinajstić information content (AvgIpc) is 3.12. The van der Waals surface area contributed by atoms with Crippen LogP contribution < -0.4 is 5.56 Å². The molecular weight excluding hydrogens is 396 g/mol. The van der Waals surface area contributed by atoms with Gasteiger partial charge in [0.2, 0.25) is 0 Å². The van der Waals surface area contributed by atoms with Gasteiger partial charge < -0.3 is 0 Å². The van der Waals surface area contributed by atoms with E-state index in [1.807, 2.05) is 24.3 Å². The molecule has 0 fully saturated rings. The fourth-order valence-electron chi connectivity index (χ4n) is 3.11. The number of benzene rings is 2. The van der Waals surface area contributed by atoms with Gasteiger partial charge in [0, 0.05) is 22.9 Å². The van der Waals surface area contributed by atoms with Crippen LogP contribution in [0.5, 0.6) is 0 Å². The molecule has 2 heterocycles. The van der Waals surface area contributed by atoms with Crippen molar-refractivity contribution < 1.29 is 0 Å². The molecule has 0 spiro atoms. The summed E-state index contributed by atoms with van der Waals surface area (Å²) in [6, 6.07) is 13.8. The predicted octanol–water partition coefficient (Wildman–Crippen LogP) is 5.44. The van der Waals surface area contributed by atoms with E-state index in [0.29, 0.717) is 5.02 Å². The number of thioether (sulfide) groups is 2. The first kappa shape index (κ1) is 18.7. The van der Waals surface area contributed by atoms with E-state index >= 15 is 0 Å². The zero-order chi connectivity index (χ0) is 19.0. The van der Waals surface area contributed by atoms with Crippen molar-refractivity contribution in [2.75, 3.05) is 5.75 Å². The van der Waals surface area contributed by atoms with Crippen molar-refractivity contribution in [3.05, 3.63) is 80.2 Å². The molecule has 0 unspecified atom stereocenters. The minimum absolute atomic E-state index is 0.0216. The summed E-state index contributed by atoms with van der Waals surface area (Å²) in [6.07, 6.45) is 0.855. The second-order valence-electron chi connectivity index (χ2n) is 6.60. The van der Waals surface area contributed by atoms with Gasteiger partial charge in [-0.15, -0.1) is 11.8 Å². The maximum Gasteiger partial charge on any atom is 0.272 e. The van der Waals surface area contributed by atoms with Gasteiger partial charge in [-0.05, 0) is 49.2 Å². The van der Waals surface area contributed by atoms with Gasteiger partial charge in [0.1, 0.15) is 0 Å². The van der Waals surface area contributed by atoms with Gasteiger partial charge in [-0.3, -0.25) is 9.36 Å². The molecule has 0 saturated carbocycles. The largest absolute Gasteiger partial charge is 0.272 e. The Kier molecular flexibility index (Phi) is 5.35. The highest BCUT2D eigenvalue weighted by Crippen LogP contribution is 2.31. The minimum atomic E-state index is 0.0216. The molecule has 0 saturated heterocycles. The van der Waals surface area contributed by atoms with E-state index in [9.17, 15) is 4.79 Å². The van der Waals surface area contributed by atoms with Gasteiger partial charge >= 0.3 is 0 Å². The van der Waals surface area contributed by atoms with Crippen molar-refractivity contribution in [2.45, 2.75) is 36.1 Å². The second-order valence-corrected chi connectivity index (χ2v) is 9.09. The third kappa shape index (κ3) is 3.82. The monoisotopic (exact) mass is 414 g/mol. The van der Waals surface area contributed by atoms with Crippen molar-refractivity contribution in [3.63, 3.8) is 0 Å². The van der Waals surface area contributed by atoms with Crippen LogP contribution in [0.4, 0.5) is 0 Å². The Balaban J connectivity index is 1.77. The van der Waals surface area contributed by atoms with Crippen LogP contribution in [0.25, 0.3) is 5.69 Å². The molecule has 2 aromatic carbocycles. The van der Waals surface area contributed by atoms with E-state index in [4.69, 9.17) is 16.6 Å². The van der Waals surface area contributed by atoms with Crippen LogP contribution in [-0.2, 0) is 12.2 Å². The van der Waals surface area contributed by atoms with Crippen molar-refractivity contribution in [2.24, 2.45) is 0 Å². The highest BCUT2D eigenvalue weighted by atomic mass is 35.5. The summed E-state index contributed by atoms with van der Waals surface area (Å²) in [5, 5.41) is 1.39. The molecule has 0 atom stereocenters. The van der Waals surface area contributed by atoms with Crippen LogP contribution in [0.2, 0.25) is 5.02 Å². The smallest absolute Gasteiger partial charge is 0.268 e. The second kappa shape index (κ2) is 7.74. The molecule has 3 aromatic rings. The summed E-state index contributed by atoms with van der Waals surface area (Å²) in [5.41, 5.74) is 5.52. The summed E-state index contributed by atoms with van der Waals surface area (Å²) < 4.78 is 1.73. The normalized spacial score (nSPS) is 13.0. The molecule has 0 N–H and O–H groups in total. The Morgan fingerprint density at radius 2 is 1.96 bits per heavy atom. The highest BCUT2D eigenvalue weighted by molar-refractivity contribution is 7.99. The van der Waals surface area contributed by atoms with Gasteiger partial charge in [-0.2, -0.15) is 0 Å². The van der Waals surface area contributed by atoms with E-state index in [1.165, 1.54) is 16.7 Å². The van der Waals surface area contributed by atoms with E-state index in [0.717, 1.165) is 39.4 Å². The van der Waals surface area contributed by atoms with Crippen LogP contribution in [0, 0.1) is 13.8 Å². The Hall–Kier alpha value is -1.69. The van der Waals surface area contributed by atoms with Crippen molar-refractivity contribution in [3.8, 4) is 5.69 Å². The summed E-state index contributed by atoms with van der Waals surface area (Å²) >= 11 is 9.25. The molecule has 3 nitrogen and oxygen atoms in total. The maximum absolute atomic E-state index is 13.2. The molecule has 1 aliphatic heterocycles. The Labute approximate surface area is 172 Å². The topological polar surface area (TPSA) is 34.9 Å². The number of nitrogens with zero attached hydrogens (tertiary/aromatic N) is 2. The summed E-state index contributed by atoms with van der Waals surface area (Å²) in [7, 11) is 0. The molecule has 4 rings (SSSR count). The lowest BCUT2D eigenvalue weighted by molar-refractivity contribution is 0.739. The first-order valence-electron chi connectivity index (χ1n) is 8.76. The molecule has 6 heteroatoms. The molecular formula is C21H19ClN2OS2. The summed E-state index contributed by atoms with van der Waals surface area (Å²) in [6.45, 7) is 4.22. The lowest BCUT2D eigenvalue weighted by Crippen LogP contribution is -2.23. The standard InChI is InChI=1S/C21H19ClN2OS2/c1-13-3-4-14(2)15(11-13)12-27-21-23-18-9-10-26-19(18)20(25)24(21)17-7-5-16(22)6-8-17/h3-8,11H,9-10,12H2,1-2H3. The lowest BCUT2D eigenvalue weighted by atomic mass is 10.1. The fourth-order valence-corrected chi connectivity index (χ4v) is 5.35. The van der Waals surface area contributed by atoms with Gasteiger partial charge in [-0.25, -0.2) is 4.98 Å². The predicted molar refractivity (Wildman–Crippen MR) is 115 cm³/mol. The van der Waals surface area contributed by atoms with Crippen molar-refractivity contribution in [1.29, 1.82) is 0 Å². The number of aromatic nitrogens is 2. The van der Waals surface area contributed by atoms with Crippen molar-refractivity contribution in [1.82, 2.24) is 9.55 Å². The van der Waals surface area contributed by atoms with E-state index in [1.54, 1.807) is 28.1 Å². The molecule has 1 aliphatic rings. The Bertz CT molecular complexity index is 1060. The fraction of sp³-hybridized carbons (Fsp3) is 0.238. The molecule has 1 aromatic heterocycles. The maximum atomic E-state index is 13.2. The molecule has 138 valence electrons. The molecule has 0 bridgehead atoms. The number of fused-ring (bicyclic) bond motifs is 1. The van der Waals surface area contributed by atoms with Crippen molar-refractivity contribution >= 4 is 35.1 Å². The third-order valence-corrected chi connectivity index (χ3v) is 6.96. The summed E-state index contributed by atoms with van der Waals surface area (Å²) in [4.78, 5) is 18.8. The molecule has 0 radical (unpaired) electrons. The zero-order valence-electron chi connectivity index (χ0n) is 15.2. The SMILES string of the molecule is Cc1ccc(C)c(CSc2nc3c(c(=O)n2-c2ccc(Cl)cc2)SCC3)c1. The van der Waals surface area contributed by atoms with Crippen LogP contribution >= 0.6 is 35.1 Å². The van der Waals surface area contributed by atoms with Gasteiger partial charge in [0.25, 0.3) is 5.56 Å². The van der Waals surface area contributed by atoms with Crippen LogP contribution in [0.15, 0.2) is 57.3 Å². The average molecular weight is 415 g/mol. The van der Waals surface area contributed by atoms with E-state index < -0.39 is 0 Å². The van der Waals surface area contributed by atoms with E-state index in [-0.39, 0.29) is 5.56 Å². The van der Waals surface area contributed by atoms with E-state index in [2.05, 4.69) is 32.0 Å². The Morgan fingerprint density at radius 3 is 2.74 bits per heavy atom. The molecule has 27 heavy (non-hydrogen) atoms. The van der Waals surface area contributed by atoms with Gasteiger partial charge in [0.05, 0.1) is 16.3 Å². The summed E-state index contributed by atoms with van der Waals surface area (Å²) in [5.74, 6) is 1.70. The van der Waals surface area contributed by atoms with Gasteiger partial charge in [0.15, 0.2) is 5.16 Å². The Morgan fingerprint density at radius 1 is 1.19 bits per heavy atom. The number of hydrogen-bond acceptors (Lipinski definition) is 4. The zero-order valence-corrected chi connectivity index (χ0v) is 17.5. The lowest BCUT2D eigenvalue weighted by Gasteiger charge is -2.14. The highest BCUT2D eigenvalue weighted by Gasteiger charge is 2.22. The first-order valence-corrected chi connectivity index (χ1v) is 11.1. The van der Waals surface area contributed by atoms with Crippen LogP contribution in [-0.4, -0.2) is 15.3 Å². The van der Waals surface area contributed by atoms with Crippen LogP contribution in [0.1, 0.15) is 22.4 Å². The minimum Gasteiger partial charge on any atom is -0.268 e. The van der Waals surface area contributed by atoms with Gasteiger partial charge in [-0.1, -0.05) is 47.1 Å². The quantitative estimate of drug-likeness (QED) is 0.420. The van der Waals surface area contributed by atoms with Crippen LogP contribution in [0.3, 0.4) is 0 Å².